The summed E-state index contributed by atoms with van der Waals surface area (Å²) < 4.78 is 0. The van der Waals surface area contributed by atoms with Crippen molar-refractivity contribution in [1.82, 2.24) is 10.6 Å². The van der Waals surface area contributed by atoms with Crippen LogP contribution in [0.3, 0.4) is 0 Å². The van der Waals surface area contributed by atoms with Gasteiger partial charge < -0.3 is 21.5 Å². The first-order chi connectivity index (χ1) is 12.7. The van der Waals surface area contributed by atoms with Gasteiger partial charge in [-0.15, -0.1) is 0 Å². The fraction of sp³-hybridized carbons (Fsp3) is 0.550. The molecule has 7 nitrogen and oxygen atoms in total. The molecule has 0 bridgehead atoms. The second-order valence-electron chi connectivity index (χ2n) is 7.24. The molecular weight excluding hydrogens is 346 g/mol. The molecule has 4 unspecified atom stereocenters. The lowest BCUT2D eigenvalue weighted by Gasteiger charge is -2.27. The highest BCUT2D eigenvalue weighted by Gasteiger charge is 2.31. The number of aliphatic carboxylic acids is 1. The number of benzene rings is 1. The molecule has 0 heterocycles. The Bertz CT molecular complexity index is 633. The van der Waals surface area contributed by atoms with Crippen molar-refractivity contribution < 1.29 is 19.5 Å². The summed E-state index contributed by atoms with van der Waals surface area (Å²) in [6.07, 6.45) is 0.960. The average molecular weight is 377 g/mol. The lowest BCUT2D eigenvalue weighted by Crippen LogP contribution is -2.57. The highest BCUT2D eigenvalue weighted by Crippen LogP contribution is 2.10. The first kappa shape index (κ1) is 22.6. The molecule has 0 aliphatic carbocycles. The van der Waals surface area contributed by atoms with Crippen LogP contribution in [0.15, 0.2) is 30.3 Å². The van der Waals surface area contributed by atoms with Crippen LogP contribution in [-0.4, -0.2) is 41.0 Å². The summed E-state index contributed by atoms with van der Waals surface area (Å²) in [4.78, 5) is 36.5. The molecule has 0 radical (unpaired) electrons. The van der Waals surface area contributed by atoms with Crippen molar-refractivity contribution in [3.05, 3.63) is 35.9 Å². The molecule has 0 spiro atoms. The molecule has 0 aromatic heterocycles. The predicted molar refractivity (Wildman–Crippen MR) is 104 cm³/mol. The Hall–Kier alpha value is -2.41. The Balaban J connectivity index is 2.77. The first-order valence-electron chi connectivity index (χ1n) is 9.30. The van der Waals surface area contributed by atoms with Crippen LogP contribution in [0.4, 0.5) is 0 Å². The third-order valence-corrected chi connectivity index (χ3v) is 4.66. The number of nitrogens with two attached hydrogens (primary N) is 1. The summed E-state index contributed by atoms with van der Waals surface area (Å²) >= 11 is 0. The number of carboxylic acids is 1. The monoisotopic (exact) mass is 377 g/mol. The maximum atomic E-state index is 12.6. The fourth-order valence-corrected chi connectivity index (χ4v) is 2.68. The molecule has 27 heavy (non-hydrogen) atoms. The number of amides is 2. The van der Waals surface area contributed by atoms with Crippen molar-refractivity contribution >= 4 is 17.8 Å². The zero-order chi connectivity index (χ0) is 20.6. The zero-order valence-electron chi connectivity index (χ0n) is 16.4. The van der Waals surface area contributed by atoms with Crippen LogP contribution >= 0.6 is 0 Å². The van der Waals surface area contributed by atoms with Gasteiger partial charge in [-0.1, -0.05) is 64.4 Å². The third-order valence-electron chi connectivity index (χ3n) is 4.66. The Morgan fingerprint density at radius 2 is 1.56 bits per heavy atom. The highest BCUT2D eigenvalue weighted by atomic mass is 16.4. The minimum Gasteiger partial charge on any atom is -0.480 e. The van der Waals surface area contributed by atoms with Crippen LogP contribution in [0, 0.1) is 11.8 Å². The molecule has 0 fully saturated rings. The molecule has 1 aromatic rings. The lowest BCUT2D eigenvalue weighted by atomic mass is 9.97. The molecule has 7 heteroatoms. The number of carbonyl (C=O) groups is 3. The molecular formula is C20H31N3O4. The number of nitrogens with one attached hydrogen (secondary N) is 2. The van der Waals surface area contributed by atoms with Crippen LogP contribution in [0.25, 0.3) is 0 Å². The minimum atomic E-state index is -1.09. The number of carbonyl (C=O) groups excluding carboxylic acids is 2. The van der Waals surface area contributed by atoms with Crippen LogP contribution in [0.2, 0.25) is 0 Å². The third kappa shape index (κ3) is 7.02. The summed E-state index contributed by atoms with van der Waals surface area (Å²) in [6, 6.07) is 6.71. The first-order valence-corrected chi connectivity index (χ1v) is 9.30. The van der Waals surface area contributed by atoms with Gasteiger partial charge in [-0.05, 0) is 23.8 Å². The molecule has 0 aliphatic heterocycles. The molecule has 150 valence electrons. The van der Waals surface area contributed by atoms with Crippen molar-refractivity contribution in [2.24, 2.45) is 17.6 Å². The highest BCUT2D eigenvalue weighted by molar-refractivity contribution is 5.92. The molecule has 0 saturated heterocycles. The normalized spacial score (nSPS) is 15.5. The Morgan fingerprint density at radius 3 is 2.04 bits per heavy atom. The van der Waals surface area contributed by atoms with Gasteiger partial charge in [-0.25, -0.2) is 4.79 Å². The van der Waals surface area contributed by atoms with Gasteiger partial charge in [-0.2, -0.15) is 0 Å². The number of rotatable bonds is 10. The maximum Gasteiger partial charge on any atom is 0.326 e. The average Bonchev–Trinajstić information content (AvgIpc) is 2.63. The van der Waals surface area contributed by atoms with E-state index in [1.54, 1.807) is 20.8 Å². The van der Waals surface area contributed by atoms with Crippen molar-refractivity contribution in [3.63, 3.8) is 0 Å². The van der Waals surface area contributed by atoms with E-state index in [1.165, 1.54) is 0 Å². The predicted octanol–water partition coefficient (Wildman–Crippen LogP) is 1.31. The van der Waals surface area contributed by atoms with E-state index in [0.717, 1.165) is 5.56 Å². The van der Waals surface area contributed by atoms with E-state index in [2.05, 4.69) is 10.6 Å². The second kappa shape index (κ2) is 10.7. The summed E-state index contributed by atoms with van der Waals surface area (Å²) in [6.45, 7) is 7.19. The van der Waals surface area contributed by atoms with Crippen molar-refractivity contribution in [2.45, 2.75) is 58.7 Å². The van der Waals surface area contributed by atoms with E-state index in [-0.39, 0.29) is 11.8 Å². The van der Waals surface area contributed by atoms with Gasteiger partial charge in [0.2, 0.25) is 11.8 Å². The molecule has 5 N–H and O–H groups in total. The summed E-state index contributed by atoms with van der Waals surface area (Å²) in [7, 11) is 0. The van der Waals surface area contributed by atoms with Gasteiger partial charge in [0, 0.05) is 0 Å². The SMILES string of the molecule is CCC(C)C(NC(=O)C(NC(=O)C(N)Cc1ccccc1)C(C)C)C(=O)O. The second-order valence-corrected chi connectivity index (χ2v) is 7.24. The van der Waals surface area contributed by atoms with Crippen LogP contribution in [0.5, 0.6) is 0 Å². The summed E-state index contributed by atoms with van der Waals surface area (Å²) in [5, 5.41) is 14.6. The van der Waals surface area contributed by atoms with Gasteiger partial charge in [0.05, 0.1) is 6.04 Å². The molecule has 1 rings (SSSR count). The summed E-state index contributed by atoms with van der Waals surface area (Å²) in [5.74, 6) is -2.49. The quantitative estimate of drug-likeness (QED) is 0.490. The van der Waals surface area contributed by atoms with E-state index < -0.39 is 35.9 Å². The van der Waals surface area contributed by atoms with E-state index in [9.17, 15) is 19.5 Å². The standard InChI is InChI=1S/C20H31N3O4/c1-5-13(4)17(20(26)27)23-19(25)16(12(2)3)22-18(24)15(21)11-14-9-7-6-8-10-14/h6-10,12-13,15-17H,5,11,21H2,1-4H3,(H,22,24)(H,23,25)(H,26,27). The van der Waals surface area contributed by atoms with E-state index in [0.29, 0.717) is 12.8 Å². The number of hydrogen-bond donors (Lipinski definition) is 4. The molecule has 0 aliphatic rings. The molecule has 0 saturated carbocycles. The molecule has 4 atom stereocenters. The topological polar surface area (TPSA) is 122 Å². The fourth-order valence-electron chi connectivity index (χ4n) is 2.68. The van der Waals surface area contributed by atoms with Gasteiger partial charge in [0.1, 0.15) is 12.1 Å². The lowest BCUT2D eigenvalue weighted by molar-refractivity contribution is -0.144. The van der Waals surface area contributed by atoms with Crippen molar-refractivity contribution in [1.29, 1.82) is 0 Å². The summed E-state index contributed by atoms with van der Waals surface area (Å²) in [5.41, 5.74) is 6.90. The molecule has 1 aromatic carbocycles. The van der Waals surface area contributed by atoms with Gasteiger partial charge in [0.15, 0.2) is 0 Å². The largest absolute Gasteiger partial charge is 0.480 e. The minimum absolute atomic E-state index is 0.218. The number of carboxylic acid groups (broad SMARTS) is 1. The molecule has 2 amide bonds. The van der Waals surface area contributed by atoms with Crippen molar-refractivity contribution in [3.8, 4) is 0 Å². The van der Waals surface area contributed by atoms with E-state index >= 15 is 0 Å². The smallest absolute Gasteiger partial charge is 0.326 e. The van der Waals surface area contributed by atoms with Crippen LogP contribution in [0.1, 0.15) is 39.7 Å². The zero-order valence-corrected chi connectivity index (χ0v) is 16.4. The van der Waals surface area contributed by atoms with Crippen LogP contribution in [-0.2, 0) is 20.8 Å². The van der Waals surface area contributed by atoms with Gasteiger partial charge >= 0.3 is 5.97 Å². The Kier molecular flexibility index (Phi) is 8.94. The van der Waals surface area contributed by atoms with E-state index in [1.807, 2.05) is 37.3 Å². The Morgan fingerprint density at radius 1 is 1.00 bits per heavy atom. The van der Waals surface area contributed by atoms with E-state index in [4.69, 9.17) is 5.73 Å². The van der Waals surface area contributed by atoms with Crippen LogP contribution < -0.4 is 16.4 Å². The van der Waals surface area contributed by atoms with Gasteiger partial charge in [-0.3, -0.25) is 9.59 Å². The maximum absolute atomic E-state index is 12.6. The van der Waals surface area contributed by atoms with Crippen molar-refractivity contribution in [2.75, 3.05) is 0 Å². The Labute approximate surface area is 160 Å². The number of hydrogen-bond acceptors (Lipinski definition) is 4. The van der Waals surface area contributed by atoms with Gasteiger partial charge in [0.25, 0.3) is 0 Å².